The molecule has 1 heterocycles. The summed E-state index contributed by atoms with van der Waals surface area (Å²) in [6, 6.07) is 13.7. The maximum atomic E-state index is 12.5. The van der Waals surface area contributed by atoms with Crippen LogP contribution in [0.15, 0.2) is 42.5 Å². The molecule has 0 aromatic heterocycles. The highest BCUT2D eigenvalue weighted by molar-refractivity contribution is 6.31. The van der Waals surface area contributed by atoms with E-state index in [2.05, 4.69) is 47.4 Å². The normalized spacial score (nSPS) is 20.5. The maximum Gasteiger partial charge on any atom is 0.242 e. The van der Waals surface area contributed by atoms with E-state index in [1.807, 2.05) is 19.1 Å². The molecule has 1 aliphatic rings. The Labute approximate surface area is 141 Å². The average Bonchev–Trinajstić information content (AvgIpc) is 3.02. The van der Waals surface area contributed by atoms with Crippen molar-refractivity contribution in [2.24, 2.45) is 0 Å². The van der Waals surface area contributed by atoms with Gasteiger partial charge in [0.25, 0.3) is 0 Å². The summed E-state index contributed by atoms with van der Waals surface area (Å²) in [4.78, 5) is 12.5. The van der Waals surface area contributed by atoms with Crippen molar-refractivity contribution in [3.8, 4) is 0 Å². The average molecular weight is 330 g/mol. The van der Waals surface area contributed by atoms with Gasteiger partial charge < -0.3 is 5.32 Å². The summed E-state index contributed by atoms with van der Waals surface area (Å²) in [5.74, 6) is -0.0579. The summed E-state index contributed by atoms with van der Waals surface area (Å²) in [6.07, 6.45) is 0.703. The van der Waals surface area contributed by atoms with E-state index in [0.29, 0.717) is 11.4 Å². The van der Waals surface area contributed by atoms with Crippen molar-refractivity contribution in [3.63, 3.8) is 0 Å². The zero-order valence-corrected chi connectivity index (χ0v) is 13.9. The van der Waals surface area contributed by atoms with Crippen molar-refractivity contribution in [2.45, 2.75) is 32.4 Å². The predicted molar refractivity (Wildman–Crippen MR) is 93.4 cm³/mol. The minimum atomic E-state index is -0.278. The molecule has 1 aliphatic heterocycles. The number of nitrogens with one attached hydrogen (secondary N) is 3. The zero-order valence-electron chi connectivity index (χ0n) is 13.2. The molecule has 0 spiro atoms. The van der Waals surface area contributed by atoms with Crippen LogP contribution in [0.2, 0.25) is 5.02 Å². The molecule has 23 heavy (non-hydrogen) atoms. The number of amides is 1. The molecule has 1 saturated heterocycles. The van der Waals surface area contributed by atoms with Crippen molar-refractivity contribution in [2.75, 3.05) is 5.32 Å². The highest BCUT2D eigenvalue weighted by Gasteiger charge is 2.30. The number of hydrogen-bond acceptors (Lipinski definition) is 3. The second kappa shape index (κ2) is 6.71. The lowest BCUT2D eigenvalue weighted by Gasteiger charge is -2.13. The summed E-state index contributed by atoms with van der Waals surface area (Å²) in [7, 11) is 0. The summed E-state index contributed by atoms with van der Waals surface area (Å²) < 4.78 is 0. The number of hydrazine groups is 1. The Kier molecular flexibility index (Phi) is 4.66. The molecule has 2 aromatic rings. The highest BCUT2D eigenvalue weighted by Crippen LogP contribution is 2.24. The van der Waals surface area contributed by atoms with E-state index in [9.17, 15) is 4.79 Å². The Balaban J connectivity index is 1.65. The minimum Gasteiger partial charge on any atom is -0.324 e. The van der Waals surface area contributed by atoms with Gasteiger partial charge in [-0.3, -0.25) is 4.79 Å². The van der Waals surface area contributed by atoms with Crippen LogP contribution in [0.1, 0.15) is 29.2 Å². The molecule has 0 radical (unpaired) electrons. The molecular weight excluding hydrogens is 310 g/mol. The fraction of sp³-hybridized carbons (Fsp3) is 0.278. The predicted octanol–water partition coefficient (Wildman–Crippen LogP) is 3.50. The summed E-state index contributed by atoms with van der Waals surface area (Å²) in [5, 5.41) is 3.56. The van der Waals surface area contributed by atoms with E-state index in [1.54, 1.807) is 6.07 Å². The molecule has 2 unspecified atom stereocenters. The van der Waals surface area contributed by atoms with Gasteiger partial charge in [0.05, 0.1) is 0 Å². The SMILES string of the molecule is Cc1ccc(C2CC(C(=O)Nc3cc(Cl)ccc3C)NN2)cc1. The molecule has 2 atom stereocenters. The summed E-state index contributed by atoms with van der Waals surface area (Å²) in [5.41, 5.74) is 10.4. The molecule has 0 bridgehead atoms. The monoisotopic (exact) mass is 329 g/mol. The number of carbonyl (C=O) groups excluding carboxylic acids is 1. The van der Waals surface area contributed by atoms with Crippen LogP contribution in [0.3, 0.4) is 0 Å². The number of rotatable bonds is 3. The van der Waals surface area contributed by atoms with Crippen LogP contribution in [-0.2, 0) is 4.79 Å². The van der Waals surface area contributed by atoms with Crippen LogP contribution >= 0.6 is 11.6 Å². The first kappa shape index (κ1) is 16.0. The van der Waals surface area contributed by atoms with Crippen molar-refractivity contribution in [1.29, 1.82) is 0 Å². The van der Waals surface area contributed by atoms with Gasteiger partial charge in [0.2, 0.25) is 5.91 Å². The van der Waals surface area contributed by atoms with E-state index in [4.69, 9.17) is 11.6 Å². The standard InChI is InChI=1S/C18H20ClN3O/c1-11-3-6-13(7-4-11)16-10-17(22-21-16)18(23)20-15-9-14(19)8-5-12(15)2/h3-9,16-17,21-22H,10H2,1-2H3,(H,20,23). The Morgan fingerprint density at radius 1 is 1.13 bits per heavy atom. The van der Waals surface area contributed by atoms with Gasteiger partial charge >= 0.3 is 0 Å². The van der Waals surface area contributed by atoms with Crippen LogP contribution in [0.25, 0.3) is 0 Å². The largest absolute Gasteiger partial charge is 0.324 e. The minimum absolute atomic E-state index is 0.0579. The molecule has 3 N–H and O–H groups in total. The quantitative estimate of drug-likeness (QED) is 0.807. The molecule has 1 fully saturated rings. The van der Waals surface area contributed by atoms with E-state index in [1.165, 1.54) is 11.1 Å². The zero-order chi connectivity index (χ0) is 16.4. The van der Waals surface area contributed by atoms with Crippen molar-refractivity contribution in [1.82, 2.24) is 10.9 Å². The smallest absolute Gasteiger partial charge is 0.242 e. The number of anilines is 1. The van der Waals surface area contributed by atoms with Gasteiger partial charge in [-0.2, -0.15) is 0 Å². The fourth-order valence-corrected chi connectivity index (χ4v) is 2.87. The first-order valence-corrected chi connectivity index (χ1v) is 8.05. The Hall–Kier alpha value is -1.88. The molecule has 120 valence electrons. The molecule has 3 rings (SSSR count). The second-order valence-electron chi connectivity index (χ2n) is 5.99. The van der Waals surface area contributed by atoms with E-state index in [-0.39, 0.29) is 18.0 Å². The lowest BCUT2D eigenvalue weighted by molar-refractivity contribution is -0.117. The van der Waals surface area contributed by atoms with Gasteiger partial charge in [0, 0.05) is 16.8 Å². The lowest BCUT2D eigenvalue weighted by Crippen LogP contribution is -2.39. The van der Waals surface area contributed by atoms with Crippen LogP contribution in [0, 0.1) is 13.8 Å². The summed E-state index contributed by atoms with van der Waals surface area (Å²) in [6.45, 7) is 4.01. The van der Waals surface area contributed by atoms with Gasteiger partial charge in [-0.05, 0) is 43.5 Å². The number of benzene rings is 2. The highest BCUT2D eigenvalue weighted by atomic mass is 35.5. The van der Waals surface area contributed by atoms with Gasteiger partial charge in [0.1, 0.15) is 6.04 Å². The van der Waals surface area contributed by atoms with Gasteiger partial charge in [-0.25, -0.2) is 10.9 Å². The Morgan fingerprint density at radius 3 is 2.61 bits per heavy atom. The molecular formula is C18H20ClN3O. The van der Waals surface area contributed by atoms with E-state index >= 15 is 0 Å². The Bertz CT molecular complexity index is 715. The number of halogens is 1. The third-order valence-corrected chi connectivity index (χ3v) is 4.39. The fourth-order valence-electron chi connectivity index (χ4n) is 2.69. The third kappa shape index (κ3) is 3.72. The number of hydrogen-bond donors (Lipinski definition) is 3. The molecule has 0 aliphatic carbocycles. The van der Waals surface area contributed by atoms with Gasteiger partial charge in [-0.15, -0.1) is 0 Å². The van der Waals surface area contributed by atoms with E-state index in [0.717, 1.165) is 11.3 Å². The van der Waals surface area contributed by atoms with Crippen LogP contribution in [0.4, 0.5) is 5.69 Å². The summed E-state index contributed by atoms with van der Waals surface area (Å²) >= 11 is 6.00. The van der Waals surface area contributed by atoms with Crippen LogP contribution < -0.4 is 16.2 Å². The molecule has 0 saturated carbocycles. The maximum absolute atomic E-state index is 12.5. The van der Waals surface area contributed by atoms with Crippen molar-refractivity contribution < 1.29 is 4.79 Å². The van der Waals surface area contributed by atoms with Gasteiger partial charge in [0.15, 0.2) is 0 Å². The third-order valence-electron chi connectivity index (χ3n) is 4.16. The van der Waals surface area contributed by atoms with Crippen LogP contribution in [0.5, 0.6) is 0 Å². The first-order valence-electron chi connectivity index (χ1n) is 7.67. The topological polar surface area (TPSA) is 53.2 Å². The Morgan fingerprint density at radius 2 is 1.87 bits per heavy atom. The van der Waals surface area contributed by atoms with E-state index < -0.39 is 0 Å². The number of aryl methyl sites for hydroxylation is 2. The van der Waals surface area contributed by atoms with Gasteiger partial charge in [-0.1, -0.05) is 47.5 Å². The molecule has 5 heteroatoms. The van der Waals surface area contributed by atoms with Crippen molar-refractivity contribution >= 4 is 23.2 Å². The lowest BCUT2D eigenvalue weighted by atomic mass is 10.0. The molecule has 4 nitrogen and oxygen atoms in total. The molecule has 2 aromatic carbocycles. The first-order chi connectivity index (χ1) is 11.0. The number of carbonyl (C=O) groups is 1. The molecule has 1 amide bonds. The second-order valence-corrected chi connectivity index (χ2v) is 6.43. The van der Waals surface area contributed by atoms with Crippen LogP contribution in [-0.4, -0.2) is 11.9 Å². The van der Waals surface area contributed by atoms with Crippen molar-refractivity contribution in [3.05, 3.63) is 64.2 Å².